The molecule has 4 heteroatoms. The highest BCUT2D eigenvalue weighted by Crippen LogP contribution is 2.48. The van der Waals surface area contributed by atoms with Crippen LogP contribution in [0, 0.1) is 5.92 Å². The Morgan fingerprint density at radius 1 is 1.18 bits per heavy atom. The van der Waals surface area contributed by atoms with E-state index in [1.54, 1.807) is 19.8 Å². The zero-order chi connectivity index (χ0) is 15.0. The second-order valence-electron chi connectivity index (χ2n) is 6.27. The van der Waals surface area contributed by atoms with E-state index in [1.807, 2.05) is 0 Å². The van der Waals surface area contributed by atoms with Crippen LogP contribution in [0.3, 0.4) is 0 Å². The predicted octanol–water partition coefficient (Wildman–Crippen LogP) is 3.67. The quantitative estimate of drug-likeness (QED) is 0.843. The van der Waals surface area contributed by atoms with Crippen LogP contribution >= 0.6 is 12.4 Å². The molecule has 1 aliphatic carbocycles. The number of methoxy groups -OCH3 is 2. The summed E-state index contributed by atoms with van der Waals surface area (Å²) in [6.45, 7) is 8.15. The van der Waals surface area contributed by atoms with Crippen molar-refractivity contribution in [2.24, 2.45) is 5.92 Å². The van der Waals surface area contributed by atoms with Crippen molar-refractivity contribution < 1.29 is 9.47 Å². The third-order valence-electron chi connectivity index (χ3n) is 5.38. The van der Waals surface area contributed by atoms with E-state index in [1.165, 1.54) is 30.6 Å². The number of aryl methyl sites for hydroxylation is 1. The maximum atomic E-state index is 5.70. The zero-order valence-corrected chi connectivity index (χ0v) is 15.0. The van der Waals surface area contributed by atoms with Gasteiger partial charge in [0, 0.05) is 24.6 Å². The summed E-state index contributed by atoms with van der Waals surface area (Å²) >= 11 is 0. The normalized spacial score (nSPS) is 23.5. The third-order valence-corrected chi connectivity index (χ3v) is 5.38. The van der Waals surface area contributed by atoms with Gasteiger partial charge in [0.2, 0.25) is 0 Å². The number of halogens is 1. The minimum Gasteiger partial charge on any atom is -0.493 e. The summed E-state index contributed by atoms with van der Waals surface area (Å²) < 4.78 is 11.3. The summed E-state index contributed by atoms with van der Waals surface area (Å²) in [5, 5.41) is 0. The lowest BCUT2D eigenvalue weighted by Crippen LogP contribution is -2.21. The van der Waals surface area contributed by atoms with Gasteiger partial charge in [0.05, 0.1) is 14.2 Å². The van der Waals surface area contributed by atoms with E-state index in [0.29, 0.717) is 5.92 Å². The summed E-state index contributed by atoms with van der Waals surface area (Å²) in [5.74, 6) is 3.37. The Morgan fingerprint density at radius 2 is 1.95 bits per heavy atom. The molecule has 3 nitrogen and oxygen atoms in total. The van der Waals surface area contributed by atoms with Gasteiger partial charge in [-0.3, -0.25) is 0 Å². The lowest BCUT2D eigenvalue weighted by Gasteiger charge is -2.31. The molecular weight excluding hydrogens is 298 g/mol. The van der Waals surface area contributed by atoms with Gasteiger partial charge in [-0.25, -0.2) is 0 Å². The lowest BCUT2D eigenvalue weighted by molar-refractivity contribution is 0.335. The van der Waals surface area contributed by atoms with Crippen molar-refractivity contribution in [3.8, 4) is 11.5 Å². The minimum absolute atomic E-state index is 0. The summed E-state index contributed by atoms with van der Waals surface area (Å²) in [7, 11) is 3.51. The molecule has 2 unspecified atom stereocenters. The molecule has 0 saturated carbocycles. The Labute approximate surface area is 140 Å². The summed E-state index contributed by atoms with van der Waals surface area (Å²) in [4.78, 5) is 2.60. The van der Waals surface area contributed by atoms with Gasteiger partial charge >= 0.3 is 0 Å². The predicted molar refractivity (Wildman–Crippen MR) is 92.8 cm³/mol. The molecule has 1 aromatic carbocycles. The van der Waals surface area contributed by atoms with Crippen LogP contribution in [-0.2, 0) is 12.8 Å². The fraction of sp³-hybridized carbons (Fsp3) is 0.667. The molecule has 0 bridgehead atoms. The van der Waals surface area contributed by atoms with Crippen LogP contribution in [0.4, 0.5) is 0 Å². The molecule has 2 aliphatic rings. The van der Waals surface area contributed by atoms with E-state index in [9.17, 15) is 0 Å². The molecule has 2 atom stereocenters. The van der Waals surface area contributed by atoms with Crippen molar-refractivity contribution in [3.63, 3.8) is 0 Å². The van der Waals surface area contributed by atoms with Gasteiger partial charge in [0.1, 0.15) is 0 Å². The molecule has 1 heterocycles. The molecule has 0 aromatic heterocycles. The first-order valence-electron chi connectivity index (χ1n) is 8.22. The Morgan fingerprint density at radius 3 is 2.55 bits per heavy atom. The maximum Gasteiger partial charge on any atom is 0.164 e. The Bertz CT molecular complexity index is 532. The molecule has 1 saturated heterocycles. The van der Waals surface area contributed by atoms with E-state index in [0.717, 1.165) is 36.8 Å². The number of rotatable bonds is 4. The van der Waals surface area contributed by atoms with Crippen LogP contribution in [0.15, 0.2) is 6.07 Å². The van der Waals surface area contributed by atoms with Crippen molar-refractivity contribution in [3.05, 3.63) is 22.8 Å². The van der Waals surface area contributed by atoms with Crippen LogP contribution in [-0.4, -0.2) is 38.8 Å². The van der Waals surface area contributed by atoms with Gasteiger partial charge in [0.25, 0.3) is 0 Å². The van der Waals surface area contributed by atoms with Crippen molar-refractivity contribution >= 4 is 12.4 Å². The number of fused-ring (bicyclic) bond motifs is 3. The molecule has 0 amide bonds. The number of likely N-dealkylation sites (tertiary alicyclic amines) is 1. The first kappa shape index (κ1) is 17.4. The number of ether oxygens (including phenoxy) is 2. The molecule has 3 rings (SSSR count). The molecule has 0 spiro atoms. The molecule has 0 N–H and O–H groups in total. The van der Waals surface area contributed by atoms with E-state index >= 15 is 0 Å². The summed E-state index contributed by atoms with van der Waals surface area (Å²) in [6, 6.07) is 2.20. The van der Waals surface area contributed by atoms with E-state index in [-0.39, 0.29) is 12.4 Å². The lowest BCUT2D eigenvalue weighted by atomic mass is 9.74. The number of likely N-dealkylation sites (N-methyl/N-ethyl adjacent to an activating group) is 1. The van der Waals surface area contributed by atoms with E-state index < -0.39 is 0 Å². The highest BCUT2D eigenvalue weighted by atomic mass is 35.5. The van der Waals surface area contributed by atoms with Crippen LogP contribution in [0.25, 0.3) is 0 Å². The number of nitrogens with zero attached hydrogens (tertiary/aromatic N) is 1. The molecule has 1 fully saturated rings. The van der Waals surface area contributed by atoms with Gasteiger partial charge in [-0.05, 0) is 48.9 Å². The number of benzene rings is 1. The Balaban J connectivity index is 0.00000176. The highest BCUT2D eigenvalue weighted by Gasteiger charge is 2.39. The molecule has 22 heavy (non-hydrogen) atoms. The first-order chi connectivity index (χ1) is 10.2. The minimum atomic E-state index is 0. The maximum absolute atomic E-state index is 5.70. The second-order valence-corrected chi connectivity index (χ2v) is 6.27. The second kappa shape index (κ2) is 7.10. The number of hydrogen-bond donors (Lipinski definition) is 0. The monoisotopic (exact) mass is 325 g/mol. The summed E-state index contributed by atoms with van der Waals surface area (Å²) in [6.07, 6.45) is 3.47. The van der Waals surface area contributed by atoms with Crippen molar-refractivity contribution in [2.75, 3.05) is 33.9 Å². The fourth-order valence-corrected chi connectivity index (χ4v) is 4.31. The fourth-order valence-electron chi connectivity index (χ4n) is 4.31. The smallest absolute Gasteiger partial charge is 0.164 e. The van der Waals surface area contributed by atoms with Crippen LogP contribution in [0.2, 0.25) is 0 Å². The van der Waals surface area contributed by atoms with Crippen molar-refractivity contribution in [2.45, 2.75) is 39.0 Å². The van der Waals surface area contributed by atoms with E-state index in [4.69, 9.17) is 9.47 Å². The standard InChI is InChI=1S/C18H27NO2.ClH/c1-5-12-9-16(20-3)18(21-4)14-8-7-13-10-19(6-2)11-15(13)17(12)14;/h9,13,15H,5-8,10-11H2,1-4H3;1H. The molecule has 0 radical (unpaired) electrons. The molecule has 1 aliphatic heterocycles. The van der Waals surface area contributed by atoms with E-state index in [2.05, 4.69) is 24.8 Å². The molecular formula is C18H28ClNO2. The van der Waals surface area contributed by atoms with Crippen molar-refractivity contribution in [1.82, 2.24) is 4.90 Å². The van der Waals surface area contributed by atoms with Gasteiger partial charge in [0.15, 0.2) is 11.5 Å². The van der Waals surface area contributed by atoms with Crippen LogP contribution in [0.5, 0.6) is 11.5 Å². The molecule has 124 valence electrons. The SMILES string of the molecule is CCc1cc(OC)c(OC)c2c1C1CN(CC)CC1CC2.Cl. The first-order valence-corrected chi connectivity index (χ1v) is 8.22. The Kier molecular flexibility index (Phi) is 5.62. The van der Waals surface area contributed by atoms with Crippen molar-refractivity contribution in [1.29, 1.82) is 0 Å². The number of hydrogen-bond acceptors (Lipinski definition) is 3. The van der Waals surface area contributed by atoms with Crippen LogP contribution < -0.4 is 9.47 Å². The largest absolute Gasteiger partial charge is 0.493 e. The van der Waals surface area contributed by atoms with Gasteiger partial charge < -0.3 is 14.4 Å². The average molecular weight is 326 g/mol. The van der Waals surface area contributed by atoms with Gasteiger partial charge in [-0.2, -0.15) is 0 Å². The summed E-state index contributed by atoms with van der Waals surface area (Å²) in [5.41, 5.74) is 4.44. The highest BCUT2D eigenvalue weighted by molar-refractivity contribution is 5.85. The molecule has 1 aromatic rings. The third kappa shape index (κ3) is 2.69. The Hall–Kier alpha value is -0.930. The van der Waals surface area contributed by atoms with Crippen LogP contribution in [0.1, 0.15) is 42.9 Å². The average Bonchev–Trinajstić information content (AvgIpc) is 2.96. The van der Waals surface area contributed by atoms with Gasteiger partial charge in [-0.15, -0.1) is 12.4 Å². The zero-order valence-electron chi connectivity index (χ0n) is 14.1. The van der Waals surface area contributed by atoms with Gasteiger partial charge in [-0.1, -0.05) is 13.8 Å². The topological polar surface area (TPSA) is 21.7 Å².